The van der Waals surface area contributed by atoms with Crippen molar-refractivity contribution in [3.05, 3.63) is 0 Å². The molecule has 3 rings (SSSR count). The number of aliphatic carboxylic acids is 1. The molecule has 21 heavy (non-hydrogen) atoms. The first-order valence-electron chi connectivity index (χ1n) is 8.42. The Kier molecular flexibility index (Phi) is 4.36. The van der Waals surface area contributed by atoms with Crippen molar-refractivity contribution in [2.45, 2.75) is 57.4 Å². The van der Waals surface area contributed by atoms with Crippen molar-refractivity contribution < 1.29 is 14.7 Å². The van der Waals surface area contributed by atoms with Gasteiger partial charge in [-0.3, -0.25) is 4.79 Å². The maximum atomic E-state index is 12.8. The van der Waals surface area contributed by atoms with Crippen molar-refractivity contribution in [1.29, 1.82) is 0 Å². The van der Waals surface area contributed by atoms with Gasteiger partial charge < -0.3 is 14.9 Å². The minimum atomic E-state index is -0.902. The molecule has 1 N–H and O–H groups in total. The molecule has 0 bridgehead atoms. The summed E-state index contributed by atoms with van der Waals surface area (Å²) in [6, 6.07) is 0.330. The van der Waals surface area contributed by atoms with Crippen LogP contribution in [0.15, 0.2) is 0 Å². The third-order valence-corrected chi connectivity index (χ3v) is 5.26. The molecule has 0 aromatic rings. The molecule has 118 valence electrons. The highest BCUT2D eigenvalue weighted by molar-refractivity contribution is 5.80. The molecule has 3 fully saturated rings. The van der Waals surface area contributed by atoms with Crippen molar-refractivity contribution in [2.75, 3.05) is 19.6 Å². The number of amides is 2. The molecular weight excluding hydrogens is 268 g/mol. The first-order chi connectivity index (χ1) is 10.1. The predicted octanol–water partition coefficient (Wildman–Crippen LogP) is 2.56. The zero-order valence-electron chi connectivity index (χ0n) is 12.7. The van der Waals surface area contributed by atoms with E-state index in [1.54, 1.807) is 4.90 Å². The second-order valence-electron chi connectivity index (χ2n) is 6.95. The van der Waals surface area contributed by atoms with Crippen molar-refractivity contribution in [1.82, 2.24) is 9.80 Å². The molecule has 2 aliphatic carbocycles. The number of urea groups is 1. The van der Waals surface area contributed by atoms with E-state index in [4.69, 9.17) is 5.11 Å². The number of carbonyl (C=O) groups is 2. The van der Waals surface area contributed by atoms with Gasteiger partial charge in [-0.1, -0.05) is 12.8 Å². The molecule has 2 atom stereocenters. The number of carboxylic acids is 1. The molecule has 3 aliphatic rings. The number of carboxylic acid groups (broad SMARTS) is 1. The van der Waals surface area contributed by atoms with Crippen LogP contribution in [-0.4, -0.2) is 52.6 Å². The van der Waals surface area contributed by atoms with E-state index in [0.29, 0.717) is 24.4 Å². The Morgan fingerprint density at radius 2 is 1.76 bits per heavy atom. The number of rotatable bonds is 4. The van der Waals surface area contributed by atoms with Crippen LogP contribution >= 0.6 is 0 Å². The number of likely N-dealkylation sites (tertiary alicyclic amines) is 1. The molecule has 1 heterocycles. The Bertz CT molecular complexity index is 406. The Morgan fingerprint density at radius 1 is 1.05 bits per heavy atom. The lowest BCUT2D eigenvalue weighted by atomic mass is 9.78. The zero-order valence-corrected chi connectivity index (χ0v) is 12.7. The number of hydrogen-bond donors (Lipinski definition) is 1. The van der Waals surface area contributed by atoms with Crippen LogP contribution in [0.5, 0.6) is 0 Å². The van der Waals surface area contributed by atoms with E-state index in [9.17, 15) is 9.59 Å². The van der Waals surface area contributed by atoms with Gasteiger partial charge in [0.25, 0.3) is 0 Å². The molecule has 1 aliphatic heterocycles. The molecule has 0 aromatic carbocycles. The fourth-order valence-electron chi connectivity index (χ4n) is 4.03. The summed E-state index contributed by atoms with van der Waals surface area (Å²) in [5.74, 6) is 0.269. The number of piperidine rings is 1. The van der Waals surface area contributed by atoms with Crippen LogP contribution in [-0.2, 0) is 4.79 Å². The summed E-state index contributed by atoms with van der Waals surface area (Å²) in [6.45, 7) is 1.28. The summed E-state index contributed by atoms with van der Waals surface area (Å²) < 4.78 is 0. The smallest absolute Gasteiger partial charge is 0.323 e. The van der Waals surface area contributed by atoms with E-state index in [2.05, 4.69) is 0 Å². The van der Waals surface area contributed by atoms with E-state index in [-0.39, 0.29) is 12.6 Å². The van der Waals surface area contributed by atoms with E-state index in [1.807, 2.05) is 4.90 Å². The Morgan fingerprint density at radius 3 is 2.48 bits per heavy atom. The van der Waals surface area contributed by atoms with Gasteiger partial charge in [0.1, 0.15) is 6.54 Å². The summed E-state index contributed by atoms with van der Waals surface area (Å²) in [6.07, 6.45) is 9.38. The average molecular weight is 294 g/mol. The third-order valence-electron chi connectivity index (χ3n) is 5.26. The van der Waals surface area contributed by atoms with Crippen molar-refractivity contribution in [2.24, 2.45) is 11.8 Å². The summed E-state index contributed by atoms with van der Waals surface area (Å²) in [4.78, 5) is 27.5. The van der Waals surface area contributed by atoms with E-state index >= 15 is 0 Å². The Labute approximate surface area is 126 Å². The van der Waals surface area contributed by atoms with Gasteiger partial charge in [0, 0.05) is 19.1 Å². The highest BCUT2D eigenvalue weighted by Gasteiger charge is 2.38. The Hall–Kier alpha value is -1.26. The van der Waals surface area contributed by atoms with Crippen molar-refractivity contribution in [3.63, 3.8) is 0 Å². The number of fused-ring (bicyclic) bond motifs is 1. The lowest BCUT2D eigenvalue weighted by Crippen LogP contribution is -2.55. The molecule has 5 heteroatoms. The molecular formula is C16H26N2O3. The summed E-state index contributed by atoms with van der Waals surface area (Å²) in [7, 11) is 0. The molecule has 0 spiro atoms. The standard InChI is InChI=1S/C16H26N2O3/c19-15(20)11-17(10-12-7-8-12)16(21)18-9-3-5-13-4-1-2-6-14(13)18/h12-14H,1-11H2,(H,19,20)/t13-,14-/m1/s1. The lowest BCUT2D eigenvalue weighted by molar-refractivity contribution is -0.137. The van der Waals surface area contributed by atoms with Gasteiger partial charge in [-0.25, -0.2) is 4.79 Å². The Balaban J connectivity index is 1.68. The van der Waals surface area contributed by atoms with Crippen LogP contribution in [0.25, 0.3) is 0 Å². The normalized spacial score (nSPS) is 28.9. The first kappa shape index (κ1) is 14.7. The molecule has 0 radical (unpaired) electrons. The van der Waals surface area contributed by atoms with Crippen molar-refractivity contribution in [3.8, 4) is 0 Å². The predicted molar refractivity (Wildman–Crippen MR) is 79.0 cm³/mol. The highest BCUT2D eigenvalue weighted by atomic mass is 16.4. The monoisotopic (exact) mass is 294 g/mol. The largest absolute Gasteiger partial charge is 0.480 e. The fourth-order valence-corrected chi connectivity index (χ4v) is 4.03. The molecule has 2 saturated carbocycles. The quantitative estimate of drug-likeness (QED) is 0.867. The third kappa shape index (κ3) is 3.50. The first-order valence-corrected chi connectivity index (χ1v) is 8.42. The fraction of sp³-hybridized carbons (Fsp3) is 0.875. The van der Waals surface area contributed by atoms with Crippen LogP contribution in [0.2, 0.25) is 0 Å². The van der Waals surface area contributed by atoms with E-state index < -0.39 is 5.97 Å². The van der Waals surface area contributed by atoms with Gasteiger partial charge in [0.2, 0.25) is 0 Å². The topological polar surface area (TPSA) is 60.9 Å². The number of nitrogens with zero attached hydrogens (tertiary/aromatic N) is 2. The molecule has 5 nitrogen and oxygen atoms in total. The number of hydrogen-bond acceptors (Lipinski definition) is 2. The molecule has 1 saturated heterocycles. The minimum absolute atomic E-state index is 0.0269. The summed E-state index contributed by atoms with van der Waals surface area (Å²) >= 11 is 0. The number of carbonyl (C=O) groups excluding carboxylic acids is 1. The zero-order chi connectivity index (χ0) is 14.8. The van der Waals surface area contributed by atoms with Crippen molar-refractivity contribution >= 4 is 12.0 Å². The second-order valence-corrected chi connectivity index (χ2v) is 6.95. The van der Waals surface area contributed by atoms with Gasteiger partial charge in [-0.15, -0.1) is 0 Å². The lowest BCUT2D eigenvalue weighted by Gasteiger charge is -2.45. The van der Waals surface area contributed by atoms with Crippen LogP contribution < -0.4 is 0 Å². The van der Waals surface area contributed by atoms with Gasteiger partial charge in [0.05, 0.1) is 0 Å². The minimum Gasteiger partial charge on any atom is -0.480 e. The molecule has 0 aromatic heterocycles. The SMILES string of the molecule is O=C(O)CN(CC1CC1)C(=O)N1CCC[C@H]2CCCC[C@H]21. The summed E-state index contributed by atoms with van der Waals surface area (Å²) in [5.41, 5.74) is 0. The van der Waals surface area contributed by atoms with Crippen LogP contribution in [0.4, 0.5) is 4.79 Å². The second kappa shape index (κ2) is 6.24. The van der Waals surface area contributed by atoms with Gasteiger partial charge >= 0.3 is 12.0 Å². The van der Waals surface area contributed by atoms with Gasteiger partial charge in [0.15, 0.2) is 0 Å². The van der Waals surface area contributed by atoms with E-state index in [0.717, 1.165) is 32.2 Å². The highest BCUT2D eigenvalue weighted by Crippen LogP contribution is 2.36. The maximum Gasteiger partial charge on any atom is 0.323 e. The van der Waals surface area contributed by atoms with Crippen LogP contribution in [0, 0.1) is 11.8 Å². The maximum absolute atomic E-state index is 12.8. The van der Waals surface area contributed by atoms with Gasteiger partial charge in [-0.05, 0) is 50.4 Å². The van der Waals surface area contributed by atoms with Crippen LogP contribution in [0.1, 0.15) is 51.4 Å². The van der Waals surface area contributed by atoms with Gasteiger partial charge in [-0.2, -0.15) is 0 Å². The summed E-state index contributed by atoms with van der Waals surface area (Å²) in [5, 5.41) is 9.08. The molecule has 2 amide bonds. The molecule has 0 unspecified atom stereocenters. The van der Waals surface area contributed by atoms with E-state index in [1.165, 1.54) is 25.7 Å². The van der Waals surface area contributed by atoms with Crippen LogP contribution in [0.3, 0.4) is 0 Å². The average Bonchev–Trinajstić information content (AvgIpc) is 3.29.